The second-order valence-electron chi connectivity index (χ2n) is 8.39. The Hall–Kier alpha value is -1.75. The molecule has 1 aromatic carbocycles. The van der Waals surface area contributed by atoms with Gasteiger partial charge < -0.3 is 4.74 Å². The van der Waals surface area contributed by atoms with E-state index in [1.807, 2.05) is 0 Å². The topological polar surface area (TPSA) is 26.3 Å². The molecule has 0 unspecified atom stereocenters. The van der Waals surface area contributed by atoms with Crippen LogP contribution in [0.25, 0.3) is 0 Å². The van der Waals surface area contributed by atoms with Crippen molar-refractivity contribution in [3.8, 4) is 11.8 Å². The molecule has 0 heterocycles. The quantitative estimate of drug-likeness (QED) is 0.437. The van der Waals surface area contributed by atoms with E-state index in [0.717, 1.165) is 5.56 Å². The van der Waals surface area contributed by atoms with Gasteiger partial charge in [-0.05, 0) is 46.9 Å². The first-order valence-electron chi connectivity index (χ1n) is 8.66. The van der Waals surface area contributed by atoms with Gasteiger partial charge in [0.2, 0.25) is 0 Å². The molecular formula is C22H32O2. The normalized spacial score (nSPS) is 11.7. The molecule has 2 nitrogen and oxygen atoms in total. The minimum absolute atomic E-state index is 0.0424. The van der Waals surface area contributed by atoms with Crippen LogP contribution >= 0.6 is 0 Å². The first-order chi connectivity index (χ1) is 11.0. The van der Waals surface area contributed by atoms with E-state index < -0.39 is 0 Å². The highest BCUT2D eigenvalue weighted by Crippen LogP contribution is 2.34. The van der Waals surface area contributed by atoms with Crippen molar-refractivity contribution in [1.29, 1.82) is 0 Å². The maximum atomic E-state index is 12.1. The lowest BCUT2D eigenvalue weighted by Gasteiger charge is -2.29. The van der Waals surface area contributed by atoms with Gasteiger partial charge in [-0.1, -0.05) is 53.7 Å². The van der Waals surface area contributed by atoms with Gasteiger partial charge in [0.25, 0.3) is 0 Å². The SMILES string of the molecule is CC#CCCOC(=O)Cc1cc(C(C)(C)C)c(C)c(C(C)(C)C)c1. The number of hydrogen-bond acceptors (Lipinski definition) is 2. The number of benzene rings is 1. The van der Waals surface area contributed by atoms with Gasteiger partial charge >= 0.3 is 5.97 Å². The van der Waals surface area contributed by atoms with E-state index in [4.69, 9.17) is 4.74 Å². The minimum atomic E-state index is -0.184. The Bertz CT molecular complexity index is 608. The lowest BCUT2D eigenvalue weighted by molar-refractivity contribution is -0.142. The van der Waals surface area contributed by atoms with Gasteiger partial charge in [-0.25, -0.2) is 0 Å². The van der Waals surface area contributed by atoms with Crippen molar-refractivity contribution in [3.63, 3.8) is 0 Å². The molecule has 0 aliphatic carbocycles. The Morgan fingerprint density at radius 2 is 1.54 bits per heavy atom. The van der Waals surface area contributed by atoms with Crippen LogP contribution in [-0.4, -0.2) is 12.6 Å². The van der Waals surface area contributed by atoms with Gasteiger partial charge in [0.15, 0.2) is 0 Å². The third kappa shape index (κ3) is 5.71. The molecule has 0 radical (unpaired) electrons. The van der Waals surface area contributed by atoms with E-state index in [9.17, 15) is 4.79 Å². The molecule has 0 saturated heterocycles. The van der Waals surface area contributed by atoms with Crippen LogP contribution in [0.15, 0.2) is 12.1 Å². The molecule has 24 heavy (non-hydrogen) atoms. The summed E-state index contributed by atoms with van der Waals surface area (Å²) < 4.78 is 5.29. The van der Waals surface area contributed by atoms with Crippen LogP contribution in [0.3, 0.4) is 0 Å². The van der Waals surface area contributed by atoms with Crippen molar-refractivity contribution in [2.45, 2.75) is 79.1 Å². The number of carbonyl (C=O) groups is 1. The summed E-state index contributed by atoms with van der Waals surface area (Å²) >= 11 is 0. The summed E-state index contributed by atoms with van der Waals surface area (Å²) in [6, 6.07) is 4.33. The molecule has 0 fully saturated rings. The van der Waals surface area contributed by atoms with E-state index in [1.54, 1.807) is 6.92 Å². The van der Waals surface area contributed by atoms with Crippen LogP contribution in [0.5, 0.6) is 0 Å². The summed E-state index contributed by atoms with van der Waals surface area (Å²) in [4.78, 5) is 12.1. The molecule has 0 atom stereocenters. The van der Waals surface area contributed by atoms with E-state index in [1.165, 1.54) is 16.7 Å². The second-order valence-corrected chi connectivity index (χ2v) is 8.39. The van der Waals surface area contributed by atoms with Crippen molar-refractivity contribution in [3.05, 3.63) is 34.4 Å². The predicted octanol–water partition coefficient (Wildman–Crippen LogP) is 5.09. The number of rotatable bonds is 4. The molecule has 1 aromatic rings. The van der Waals surface area contributed by atoms with Crippen molar-refractivity contribution in [2.75, 3.05) is 6.61 Å². The molecule has 1 rings (SSSR count). The summed E-state index contributed by atoms with van der Waals surface area (Å²) in [7, 11) is 0. The van der Waals surface area contributed by atoms with Crippen molar-refractivity contribution in [1.82, 2.24) is 0 Å². The molecule has 0 amide bonds. The van der Waals surface area contributed by atoms with Crippen molar-refractivity contribution >= 4 is 5.97 Å². The lowest BCUT2D eigenvalue weighted by Crippen LogP contribution is -2.21. The molecule has 0 aliphatic rings. The van der Waals surface area contributed by atoms with Crippen LogP contribution in [0.2, 0.25) is 0 Å². The van der Waals surface area contributed by atoms with Gasteiger partial charge in [-0.3, -0.25) is 4.79 Å². The van der Waals surface area contributed by atoms with Crippen LogP contribution in [0.4, 0.5) is 0 Å². The maximum absolute atomic E-state index is 12.1. The number of carbonyl (C=O) groups excluding carboxylic acids is 1. The minimum Gasteiger partial charge on any atom is -0.464 e. The zero-order valence-electron chi connectivity index (χ0n) is 16.6. The van der Waals surface area contributed by atoms with Gasteiger partial charge in [-0.2, -0.15) is 0 Å². The first kappa shape index (κ1) is 20.3. The molecular weight excluding hydrogens is 296 g/mol. The maximum Gasteiger partial charge on any atom is 0.310 e. The Morgan fingerprint density at radius 3 is 1.96 bits per heavy atom. The van der Waals surface area contributed by atoms with E-state index in [0.29, 0.717) is 19.4 Å². The zero-order valence-corrected chi connectivity index (χ0v) is 16.6. The highest BCUT2D eigenvalue weighted by Gasteiger charge is 2.24. The Labute approximate surface area is 148 Å². The summed E-state index contributed by atoms with van der Waals surface area (Å²) in [5.41, 5.74) is 5.04. The van der Waals surface area contributed by atoms with Crippen LogP contribution in [0, 0.1) is 18.8 Å². The Morgan fingerprint density at radius 1 is 1.04 bits per heavy atom. The Balaban J connectivity index is 3.10. The highest BCUT2D eigenvalue weighted by molar-refractivity contribution is 5.73. The number of hydrogen-bond donors (Lipinski definition) is 0. The van der Waals surface area contributed by atoms with E-state index >= 15 is 0 Å². The van der Waals surface area contributed by atoms with Gasteiger partial charge in [0.1, 0.15) is 6.61 Å². The molecule has 132 valence electrons. The fraction of sp³-hybridized carbons (Fsp3) is 0.591. The summed E-state index contributed by atoms with van der Waals surface area (Å²) in [5, 5.41) is 0. The standard InChI is InChI=1S/C22H32O2/c1-9-10-11-12-24-20(23)15-17-13-18(21(3,4)5)16(2)19(14-17)22(6,7)8/h13-14H,11-12,15H2,1-8H3. The molecule has 0 N–H and O–H groups in total. The first-order valence-corrected chi connectivity index (χ1v) is 8.66. The monoisotopic (exact) mass is 328 g/mol. The predicted molar refractivity (Wildman–Crippen MR) is 101 cm³/mol. The number of esters is 1. The van der Waals surface area contributed by atoms with Crippen molar-refractivity contribution in [2.24, 2.45) is 0 Å². The van der Waals surface area contributed by atoms with Gasteiger partial charge in [0, 0.05) is 6.42 Å². The largest absolute Gasteiger partial charge is 0.464 e. The molecule has 0 spiro atoms. The summed E-state index contributed by atoms with van der Waals surface area (Å²) in [5.74, 6) is 5.53. The average molecular weight is 328 g/mol. The Kier molecular flexibility index (Phi) is 6.67. The fourth-order valence-electron chi connectivity index (χ4n) is 2.99. The third-order valence-electron chi connectivity index (χ3n) is 4.10. The molecule has 0 aromatic heterocycles. The lowest BCUT2D eigenvalue weighted by atomic mass is 9.75. The van der Waals surface area contributed by atoms with Crippen LogP contribution in [0.1, 0.15) is 77.1 Å². The molecule has 0 bridgehead atoms. The molecule has 0 saturated carbocycles. The zero-order chi connectivity index (χ0) is 18.5. The smallest absolute Gasteiger partial charge is 0.310 e. The summed E-state index contributed by atoms with van der Waals surface area (Å²) in [6.07, 6.45) is 0.905. The molecule has 0 aliphatic heterocycles. The van der Waals surface area contributed by atoms with Crippen LogP contribution in [-0.2, 0) is 26.8 Å². The average Bonchev–Trinajstić information content (AvgIpc) is 2.43. The van der Waals surface area contributed by atoms with Crippen LogP contribution < -0.4 is 0 Å². The second kappa shape index (κ2) is 7.88. The van der Waals surface area contributed by atoms with Crippen molar-refractivity contribution < 1.29 is 9.53 Å². The van der Waals surface area contributed by atoms with E-state index in [-0.39, 0.29) is 16.8 Å². The summed E-state index contributed by atoms with van der Waals surface area (Å²) in [6.45, 7) is 17.6. The third-order valence-corrected chi connectivity index (χ3v) is 4.10. The molecule has 2 heteroatoms. The number of ether oxygens (including phenoxy) is 1. The fourth-order valence-corrected chi connectivity index (χ4v) is 2.99. The highest BCUT2D eigenvalue weighted by atomic mass is 16.5. The van der Waals surface area contributed by atoms with E-state index in [2.05, 4.69) is 72.4 Å². The van der Waals surface area contributed by atoms with Gasteiger partial charge in [0.05, 0.1) is 6.42 Å². The van der Waals surface area contributed by atoms with Gasteiger partial charge in [-0.15, -0.1) is 11.8 Å².